The number of benzene rings is 1. The number of rotatable bonds is 4. The number of halogens is 1. The molecule has 0 fully saturated rings. The van der Waals surface area contributed by atoms with Crippen LogP contribution in [-0.2, 0) is 4.79 Å². The Hall–Kier alpha value is -2.47. The molecule has 1 aromatic heterocycles. The molecule has 0 unspecified atom stereocenters. The Kier molecular flexibility index (Phi) is 4.49. The van der Waals surface area contributed by atoms with Gasteiger partial charge in [0.1, 0.15) is 5.82 Å². The van der Waals surface area contributed by atoms with E-state index in [0.29, 0.717) is 9.75 Å². The van der Waals surface area contributed by atoms with Gasteiger partial charge in [0.25, 0.3) is 5.91 Å². The van der Waals surface area contributed by atoms with Crippen LogP contribution in [0.15, 0.2) is 36.4 Å². The molecule has 2 N–H and O–H groups in total. The SMILES string of the molecule is Cc1ccc(NC(=O)c2ccc(C=CC(=O)O)s2)c(F)c1. The largest absolute Gasteiger partial charge is 0.478 e. The van der Waals surface area contributed by atoms with Crippen molar-refractivity contribution in [3.63, 3.8) is 0 Å². The van der Waals surface area contributed by atoms with Crippen LogP contribution < -0.4 is 5.32 Å². The van der Waals surface area contributed by atoms with Crippen molar-refractivity contribution in [2.75, 3.05) is 5.32 Å². The van der Waals surface area contributed by atoms with Gasteiger partial charge in [-0.05, 0) is 42.8 Å². The summed E-state index contributed by atoms with van der Waals surface area (Å²) in [6, 6.07) is 7.73. The number of carboxylic acid groups (broad SMARTS) is 1. The second-order valence-corrected chi connectivity index (χ2v) is 5.43. The lowest BCUT2D eigenvalue weighted by Crippen LogP contribution is -2.11. The minimum Gasteiger partial charge on any atom is -0.478 e. The summed E-state index contributed by atoms with van der Waals surface area (Å²) in [7, 11) is 0. The third-order valence-electron chi connectivity index (χ3n) is 2.61. The van der Waals surface area contributed by atoms with Crippen molar-refractivity contribution in [1.29, 1.82) is 0 Å². The fourth-order valence-electron chi connectivity index (χ4n) is 1.62. The van der Waals surface area contributed by atoms with Crippen LogP contribution in [0.25, 0.3) is 6.08 Å². The highest BCUT2D eigenvalue weighted by Crippen LogP contribution is 2.21. The van der Waals surface area contributed by atoms with Crippen LogP contribution in [0.1, 0.15) is 20.1 Å². The van der Waals surface area contributed by atoms with E-state index >= 15 is 0 Å². The van der Waals surface area contributed by atoms with E-state index < -0.39 is 17.7 Å². The van der Waals surface area contributed by atoms with E-state index in [4.69, 9.17) is 5.11 Å². The van der Waals surface area contributed by atoms with E-state index in [1.54, 1.807) is 25.1 Å². The van der Waals surface area contributed by atoms with Gasteiger partial charge in [0.05, 0.1) is 10.6 Å². The molecule has 6 heteroatoms. The van der Waals surface area contributed by atoms with Gasteiger partial charge in [0, 0.05) is 11.0 Å². The first-order chi connectivity index (χ1) is 9.95. The molecule has 0 aliphatic heterocycles. The molecule has 0 radical (unpaired) electrons. The van der Waals surface area contributed by atoms with Crippen LogP contribution in [0, 0.1) is 12.7 Å². The molecule has 0 bridgehead atoms. The average molecular weight is 305 g/mol. The molecule has 0 aliphatic rings. The molecule has 21 heavy (non-hydrogen) atoms. The predicted octanol–water partition coefficient (Wildman–Crippen LogP) is 3.55. The second-order valence-electron chi connectivity index (χ2n) is 4.31. The highest BCUT2D eigenvalue weighted by molar-refractivity contribution is 7.15. The van der Waals surface area contributed by atoms with Gasteiger partial charge >= 0.3 is 5.97 Å². The smallest absolute Gasteiger partial charge is 0.328 e. The number of nitrogens with one attached hydrogen (secondary N) is 1. The topological polar surface area (TPSA) is 66.4 Å². The van der Waals surface area contributed by atoms with Gasteiger partial charge in [0.2, 0.25) is 0 Å². The third kappa shape index (κ3) is 4.00. The molecule has 1 amide bonds. The number of hydrogen-bond acceptors (Lipinski definition) is 3. The van der Waals surface area contributed by atoms with Crippen LogP contribution in [0.3, 0.4) is 0 Å². The highest BCUT2D eigenvalue weighted by Gasteiger charge is 2.11. The molecular weight excluding hydrogens is 293 g/mol. The van der Waals surface area contributed by atoms with Gasteiger partial charge in [-0.3, -0.25) is 4.79 Å². The normalized spacial score (nSPS) is 10.8. The van der Waals surface area contributed by atoms with Crippen molar-refractivity contribution in [3.8, 4) is 0 Å². The van der Waals surface area contributed by atoms with Crippen LogP contribution >= 0.6 is 11.3 Å². The molecule has 0 spiro atoms. The molecule has 1 aromatic carbocycles. The van der Waals surface area contributed by atoms with E-state index in [-0.39, 0.29) is 5.69 Å². The summed E-state index contributed by atoms with van der Waals surface area (Å²) in [6.45, 7) is 1.76. The summed E-state index contributed by atoms with van der Waals surface area (Å²) in [5.74, 6) is -1.99. The highest BCUT2D eigenvalue weighted by atomic mass is 32.1. The first kappa shape index (κ1) is 14.9. The zero-order valence-electron chi connectivity index (χ0n) is 11.1. The minimum absolute atomic E-state index is 0.113. The molecule has 4 nitrogen and oxygen atoms in total. The van der Waals surface area contributed by atoms with E-state index in [0.717, 1.165) is 23.0 Å². The van der Waals surface area contributed by atoms with E-state index in [9.17, 15) is 14.0 Å². The Morgan fingerprint density at radius 2 is 2.05 bits per heavy atom. The molecule has 0 atom stereocenters. The fraction of sp³-hybridized carbons (Fsp3) is 0.0667. The Morgan fingerprint density at radius 1 is 1.29 bits per heavy atom. The van der Waals surface area contributed by atoms with Crippen molar-refractivity contribution in [3.05, 3.63) is 57.5 Å². The number of carboxylic acids is 1. The number of aryl methyl sites for hydroxylation is 1. The quantitative estimate of drug-likeness (QED) is 0.849. The summed E-state index contributed by atoms with van der Waals surface area (Å²) in [6.07, 6.45) is 2.39. The number of aliphatic carboxylic acids is 1. The Labute approximate surface area is 124 Å². The first-order valence-electron chi connectivity index (χ1n) is 6.04. The summed E-state index contributed by atoms with van der Waals surface area (Å²) >= 11 is 1.13. The maximum atomic E-state index is 13.7. The van der Waals surface area contributed by atoms with Crippen LogP contribution in [0.4, 0.5) is 10.1 Å². The summed E-state index contributed by atoms with van der Waals surface area (Å²) in [4.78, 5) is 23.4. The maximum Gasteiger partial charge on any atom is 0.328 e. The summed E-state index contributed by atoms with van der Waals surface area (Å²) in [5, 5.41) is 11.0. The van der Waals surface area contributed by atoms with Crippen molar-refractivity contribution >= 4 is 35.0 Å². The standard InChI is InChI=1S/C15H12FNO3S/c1-9-2-5-12(11(16)8-9)17-15(20)13-6-3-10(21-13)4-7-14(18)19/h2-8H,1H3,(H,17,20)(H,18,19). The fourth-order valence-corrected chi connectivity index (χ4v) is 2.43. The maximum absolute atomic E-state index is 13.7. The lowest BCUT2D eigenvalue weighted by Gasteiger charge is -2.05. The third-order valence-corrected chi connectivity index (χ3v) is 3.66. The minimum atomic E-state index is -1.06. The molecule has 2 aromatic rings. The molecule has 1 heterocycles. The van der Waals surface area contributed by atoms with Crippen LogP contribution in [0.2, 0.25) is 0 Å². The van der Waals surface area contributed by atoms with Gasteiger partial charge < -0.3 is 10.4 Å². The molecular formula is C15H12FNO3S. The molecule has 108 valence electrons. The van der Waals surface area contributed by atoms with Gasteiger partial charge in [-0.2, -0.15) is 0 Å². The monoisotopic (exact) mass is 305 g/mol. The number of anilines is 1. The summed E-state index contributed by atoms with van der Waals surface area (Å²) < 4.78 is 13.7. The average Bonchev–Trinajstić information content (AvgIpc) is 2.88. The Balaban J connectivity index is 2.12. The molecule has 0 aliphatic carbocycles. The number of amides is 1. The predicted molar refractivity (Wildman–Crippen MR) is 80.1 cm³/mol. The van der Waals surface area contributed by atoms with E-state index in [2.05, 4.69) is 5.32 Å². The van der Waals surface area contributed by atoms with Crippen LogP contribution in [-0.4, -0.2) is 17.0 Å². The zero-order valence-corrected chi connectivity index (χ0v) is 11.9. The lowest BCUT2D eigenvalue weighted by molar-refractivity contribution is -0.131. The van der Waals surface area contributed by atoms with Crippen molar-refractivity contribution in [2.24, 2.45) is 0 Å². The second kappa shape index (κ2) is 6.32. The van der Waals surface area contributed by atoms with Gasteiger partial charge in [-0.15, -0.1) is 11.3 Å². The van der Waals surface area contributed by atoms with Crippen molar-refractivity contribution in [1.82, 2.24) is 0 Å². The Bertz CT molecular complexity index is 721. The van der Waals surface area contributed by atoms with Gasteiger partial charge in [-0.1, -0.05) is 6.07 Å². The van der Waals surface area contributed by atoms with E-state index in [1.165, 1.54) is 18.2 Å². The molecule has 2 rings (SSSR count). The number of carbonyl (C=O) groups is 2. The zero-order chi connectivity index (χ0) is 15.4. The molecule has 0 saturated heterocycles. The number of thiophene rings is 1. The first-order valence-corrected chi connectivity index (χ1v) is 6.85. The van der Waals surface area contributed by atoms with Crippen molar-refractivity contribution in [2.45, 2.75) is 6.92 Å². The lowest BCUT2D eigenvalue weighted by atomic mass is 10.2. The van der Waals surface area contributed by atoms with Crippen molar-refractivity contribution < 1.29 is 19.1 Å². The Morgan fingerprint density at radius 3 is 2.71 bits per heavy atom. The molecule has 0 saturated carbocycles. The van der Waals surface area contributed by atoms with Crippen LogP contribution in [0.5, 0.6) is 0 Å². The number of carbonyl (C=O) groups excluding carboxylic acids is 1. The van der Waals surface area contributed by atoms with Gasteiger partial charge in [-0.25, -0.2) is 9.18 Å². The van der Waals surface area contributed by atoms with Gasteiger partial charge in [0.15, 0.2) is 0 Å². The van der Waals surface area contributed by atoms with E-state index in [1.807, 2.05) is 0 Å². The summed E-state index contributed by atoms with van der Waals surface area (Å²) in [5.41, 5.74) is 0.879. The number of hydrogen-bond donors (Lipinski definition) is 2.